The zero-order chi connectivity index (χ0) is 11.0. The second kappa shape index (κ2) is 10.3. The van der Waals surface area contributed by atoms with Gasteiger partial charge in [-0.25, -0.2) is 4.21 Å². The van der Waals surface area contributed by atoms with Crippen molar-refractivity contribution in [3.05, 3.63) is 35.9 Å². The van der Waals surface area contributed by atoms with Crippen LogP contribution in [0, 0.1) is 0 Å². The molecule has 1 aromatic carbocycles. The minimum Gasteiger partial charge on any atom is -0.750 e. The van der Waals surface area contributed by atoms with Gasteiger partial charge in [-0.3, -0.25) is 0 Å². The third-order valence-electron chi connectivity index (χ3n) is 1.15. The molecule has 0 radical (unpaired) electrons. The molecule has 7 heteroatoms. The van der Waals surface area contributed by atoms with Crippen molar-refractivity contribution in [3.63, 3.8) is 0 Å². The Morgan fingerprint density at radius 1 is 1.33 bits per heavy atom. The van der Waals surface area contributed by atoms with Gasteiger partial charge in [0.1, 0.15) is 0 Å². The molecule has 1 atom stereocenters. The quantitative estimate of drug-likeness (QED) is 0.394. The first-order chi connectivity index (χ1) is 6.57. The van der Waals surface area contributed by atoms with Gasteiger partial charge >= 0.3 is 29.6 Å². The van der Waals surface area contributed by atoms with Gasteiger partial charge in [0, 0.05) is 0 Å². The smallest absolute Gasteiger partial charge is 0.750 e. The summed E-state index contributed by atoms with van der Waals surface area (Å²) < 4.78 is 22.0. The molecule has 78 valence electrons. The van der Waals surface area contributed by atoms with Gasteiger partial charge in [0.15, 0.2) is 0 Å². The molecule has 0 fully saturated rings. The molecule has 0 aliphatic rings. The van der Waals surface area contributed by atoms with E-state index in [0.29, 0.717) is 0 Å². The molecule has 5 nitrogen and oxygen atoms in total. The fraction of sp³-hybridized carbons (Fsp3) is 0.125. The summed E-state index contributed by atoms with van der Waals surface area (Å²) in [5.41, 5.74) is 0.220. The number of aromatic carboxylic acids is 1. The molecular weight excluding hydrogens is 231 g/mol. The molecule has 0 saturated heterocycles. The summed E-state index contributed by atoms with van der Waals surface area (Å²) in [5, 5.41) is 10.1. The van der Waals surface area contributed by atoms with E-state index in [9.17, 15) is 9.90 Å². The number of carbonyl (C=O) groups is 1. The second-order valence-corrected chi connectivity index (χ2v) is 2.77. The van der Waals surface area contributed by atoms with Crippen molar-refractivity contribution >= 4 is 17.3 Å². The van der Waals surface area contributed by atoms with Gasteiger partial charge in [-0.05, 0) is 5.56 Å². The first-order valence-corrected chi connectivity index (χ1v) is 4.48. The van der Waals surface area contributed by atoms with Crippen LogP contribution in [0.1, 0.15) is 10.4 Å². The predicted molar refractivity (Wildman–Crippen MR) is 46.7 cm³/mol. The van der Waals surface area contributed by atoms with Crippen LogP contribution < -0.4 is 34.7 Å². The van der Waals surface area contributed by atoms with Crippen molar-refractivity contribution in [2.75, 3.05) is 7.11 Å². The Hall–Kier alpha value is -0.240. The first-order valence-electron chi connectivity index (χ1n) is 3.48. The average molecular weight is 239 g/mol. The molecule has 0 N–H and O–H groups in total. The summed E-state index contributed by atoms with van der Waals surface area (Å²) in [5.74, 6) is -1.13. The van der Waals surface area contributed by atoms with E-state index in [0.717, 1.165) is 7.11 Å². The zero-order valence-corrected chi connectivity index (χ0v) is 11.2. The monoisotopic (exact) mass is 239 g/mol. The molecule has 0 aliphatic carbocycles. The maximum Gasteiger partial charge on any atom is 1.00 e. The number of benzene rings is 1. The first kappa shape index (κ1) is 17.2. The van der Waals surface area contributed by atoms with Gasteiger partial charge in [0.2, 0.25) is 0 Å². The van der Waals surface area contributed by atoms with E-state index >= 15 is 0 Å². The molecule has 0 amide bonds. The molecule has 0 spiro atoms. The Morgan fingerprint density at radius 2 is 1.73 bits per heavy atom. The summed E-state index contributed by atoms with van der Waals surface area (Å²) in [7, 11) is 1.09. The van der Waals surface area contributed by atoms with Crippen LogP contribution in [0.15, 0.2) is 30.3 Å². The van der Waals surface area contributed by atoms with Crippen LogP contribution in [0.25, 0.3) is 0 Å². The van der Waals surface area contributed by atoms with E-state index in [-0.39, 0.29) is 35.1 Å². The van der Waals surface area contributed by atoms with E-state index in [1.54, 1.807) is 18.2 Å². The zero-order valence-electron chi connectivity index (χ0n) is 8.34. The SMILES string of the molecule is COS(=O)[O-].O=C([O-])c1ccccc1.[Na+]. The van der Waals surface area contributed by atoms with E-state index in [1.807, 2.05) is 0 Å². The van der Waals surface area contributed by atoms with Crippen LogP contribution in [-0.2, 0) is 15.5 Å². The standard InChI is InChI=1S/C7H6O2.CH4O3S.Na/c8-7(9)6-4-2-1-3-5-6;1-4-5(2)3;/h1-5H,(H,8,9);1H3,(H,2,3);/q;;+1/p-2. The largest absolute Gasteiger partial charge is 1.00 e. The van der Waals surface area contributed by atoms with Crippen LogP contribution in [0.4, 0.5) is 0 Å². The number of carbonyl (C=O) groups excluding carboxylic acids is 1. The maximum atomic E-state index is 10.1. The molecular formula is C8H8NaO5S-. The Kier molecular flexibility index (Phi) is 11.8. The number of carboxylic acid groups (broad SMARTS) is 1. The van der Waals surface area contributed by atoms with Gasteiger partial charge in [0.25, 0.3) is 0 Å². The number of carboxylic acids is 1. The van der Waals surface area contributed by atoms with Crippen molar-refractivity contribution in [2.45, 2.75) is 0 Å². The maximum absolute atomic E-state index is 10.1. The van der Waals surface area contributed by atoms with Crippen molar-refractivity contribution in [1.29, 1.82) is 0 Å². The fourth-order valence-corrected chi connectivity index (χ4v) is 0.574. The Balaban J connectivity index is 0. The van der Waals surface area contributed by atoms with Crippen LogP contribution in [0.3, 0.4) is 0 Å². The fourth-order valence-electron chi connectivity index (χ4n) is 0.574. The molecule has 0 bridgehead atoms. The van der Waals surface area contributed by atoms with Gasteiger partial charge in [-0.1, -0.05) is 30.3 Å². The minimum atomic E-state index is -2.32. The van der Waals surface area contributed by atoms with Crippen LogP contribution in [-0.4, -0.2) is 21.8 Å². The van der Waals surface area contributed by atoms with Crippen LogP contribution in [0.5, 0.6) is 0 Å². The van der Waals surface area contributed by atoms with Crippen molar-refractivity contribution in [2.24, 2.45) is 0 Å². The summed E-state index contributed by atoms with van der Waals surface area (Å²) >= 11 is -2.32. The van der Waals surface area contributed by atoms with Gasteiger partial charge < -0.3 is 18.6 Å². The van der Waals surface area contributed by atoms with E-state index in [4.69, 9.17) is 8.76 Å². The van der Waals surface area contributed by atoms with Crippen molar-refractivity contribution in [1.82, 2.24) is 0 Å². The van der Waals surface area contributed by atoms with E-state index in [1.165, 1.54) is 12.1 Å². The third-order valence-corrected chi connectivity index (χ3v) is 1.42. The Morgan fingerprint density at radius 3 is 1.93 bits per heavy atom. The summed E-state index contributed by atoms with van der Waals surface area (Å²) in [6.45, 7) is 0. The number of rotatable bonds is 2. The van der Waals surface area contributed by atoms with E-state index in [2.05, 4.69) is 4.18 Å². The molecule has 0 aromatic heterocycles. The van der Waals surface area contributed by atoms with E-state index < -0.39 is 17.3 Å². The molecule has 0 aliphatic heterocycles. The summed E-state index contributed by atoms with van der Waals surface area (Å²) in [6.07, 6.45) is 0. The minimum absolute atomic E-state index is 0. The molecule has 1 aromatic rings. The number of hydrogen-bond donors (Lipinski definition) is 0. The molecule has 0 saturated carbocycles. The Labute approximate surface area is 112 Å². The topological polar surface area (TPSA) is 89.5 Å². The van der Waals surface area contributed by atoms with Crippen molar-refractivity contribution < 1.29 is 52.4 Å². The number of hydrogen-bond acceptors (Lipinski definition) is 5. The normalized spacial score (nSPS) is 10.3. The molecule has 1 rings (SSSR count). The molecule has 0 heterocycles. The molecule has 1 unspecified atom stereocenters. The van der Waals surface area contributed by atoms with Gasteiger partial charge in [0.05, 0.1) is 24.4 Å². The van der Waals surface area contributed by atoms with Gasteiger partial charge in [-0.2, -0.15) is 0 Å². The van der Waals surface area contributed by atoms with Crippen LogP contribution in [0.2, 0.25) is 0 Å². The Bertz CT molecular complexity index is 303. The third kappa shape index (κ3) is 10.1. The molecule has 15 heavy (non-hydrogen) atoms. The van der Waals surface area contributed by atoms with Crippen LogP contribution >= 0.6 is 0 Å². The summed E-state index contributed by atoms with van der Waals surface area (Å²) in [4.78, 5) is 10.1. The van der Waals surface area contributed by atoms with Crippen molar-refractivity contribution in [3.8, 4) is 0 Å². The predicted octanol–water partition coefficient (Wildman–Crippen LogP) is -3.52. The summed E-state index contributed by atoms with van der Waals surface area (Å²) in [6, 6.07) is 8.06. The average Bonchev–Trinajstić information content (AvgIpc) is 2.20. The second-order valence-electron chi connectivity index (χ2n) is 2.02. The van der Waals surface area contributed by atoms with Gasteiger partial charge in [-0.15, -0.1) is 0 Å².